The first-order chi connectivity index (χ1) is 15.1. The second-order valence-corrected chi connectivity index (χ2v) is 8.78. The van der Waals surface area contributed by atoms with Crippen molar-refractivity contribution in [3.63, 3.8) is 0 Å². The summed E-state index contributed by atoms with van der Waals surface area (Å²) < 4.78 is 10.3. The van der Waals surface area contributed by atoms with Crippen LogP contribution in [-0.4, -0.2) is 36.4 Å². The van der Waals surface area contributed by atoms with Crippen molar-refractivity contribution in [1.29, 1.82) is 0 Å². The van der Waals surface area contributed by atoms with Gasteiger partial charge in [-0.15, -0.1) is 0 Å². The Balaban J connectivity index is 3.50. The molecule has 0 heterocycles. The zero-order valence-electron chi connectivity index (χ0n) is 20.5. The molecule has 0 aliphatic carbocycles. The Kier molecular flexibility index (Phi) is 22.7. The lowest BCUT2D eigenvalue weighted by Gasteiger charge is -2.15. The third-order valence-corrected chi connectivity index (χ3v) is 5.65. The third-order valence-electron chi connectivity index (χ3n) is 5.65. The molecule has 0 aromatic carbocycles. The smallest absolute Gasteiger partial charge is 0.306 e. The van der Waals surface area contributed by atoms with E-state index in [0.29, 0.717) is 12.8 Å². The van der Waals surface area contributed by atoms with Crippen LogP contribution < -0.4 is 0 Å². The third kappa shape index (κ3) is 21.9. The number of ether oxygens (including phenoxy) is 2. The average Bonchev–Trinajstić information content (AvgIpc) is 2.77. The van der Waals surface area contributed by atoms with E-state index in [4.69, 9.17) is 9.47 Å². The van der Waals surface area contributed by atoms with Crippen LogP contribution in [-0.2, 0) is 19.1 Å². The van der Waals surface area contributed by atoms with Crippen molar-refractivity contribution in [2.75, 3.05) is 13.2 Å². The molecule has 0 aromatic rings. The van der Waals surface area contributed by atoms with Crippen LogP contribution in [0.1, 0.15) is 136 Å². The van der Waals surface area contributed by atoms with Gasteiger partial charge in [0.15, 0.2) is 6.10 Å². The van der Waals surface area contributed by atoms with Crippen LogP contribution in [0.5, 0.6) is 0 Å². The van der Waals surface area contributed by atoms with Gasteiger partial charge in [0.2, 0.25) is 0 Å². The van der Waals surface area contributed by atoms with E-state index in [1.807, 2.05) is 0 Å². The molecule has 1 N–H and O–H groups in total. The van der Waals surface area contributed by atoms with Gasteiger partial charge in [-0.2, -0.15) is 0 Å². The van der Waals surface area contributed by atoms with Gasteiger partial charge in [-0.05, 0) is 12.8 Å². The van der Waals surface area contributed by atoms with E-state index in [1.165, 1.54) is 70.6 Å². The fourth-order valence-corrected chi connectivity index (χ4v) is 3.61. The summed E-state index contributed by atoms with van der Waals surface area (Å²) >= 11 is 0. The molecule has 0 aromatic heterocycles. The molecule has 0 radical (unpaired) electrons. The summed E-state index contributed by atoms with van der Waals surface area (Å²) in [4.78, 5) is 23.5. The second-order valence-electron chi connectivity index (χ2n) is 8.78. The minimum Gasteiger partial charge on any atom is -0.462 e. The van der Waals surface area contributed by atoms with Crippen molar-refractivity contribution >= 4 is 11.9 Å². The molecule has 1 atom stereocenters. The van der Waals surface area contributed by atoms with Crippen LogP contribution in [0.3, 0.4) is 0 Å². The van der Waals surface area contributed by atoms with Crippen molar-refractivity contribution in [3.8, 4) is 0 Å². The number of esters is 2. The Hall–Kier alpha value is -1.10. The van der Waals surface area contributed by atoms with Crippen LogP contribution in [0.2, 0.25) is 0 Å². The van der Waals surface area contributed by atoms with Gasteiger partial charge in [0.05, 0.1) is 6.61 Å². The largest absolute Gasteiger partial charge is 0.462 e. The van der Waals surface area contributed by atoms with E-state index in [-0.39, 0.29) is 25.2 Å². The Labute approximate surface area is 191 Å². The van der Waals surface area contributed by atoms with Crippen LogP contribution in [0, 0.1) is 0 Å². The van der Waals surface area contributed by atoms with Crippen LogP contribution >= 0.6 is 0 Å². The first-order valence-corrected chi connectivity index (χ1v) is 13.1. The first-order valence-electron chi connectivity index (χ1n) is 13.1. The molecule has 5 heteroatoms. The highest BCUT2D eigenvalue weighted by molar-refractivity contribution is 5.70. The zero-order valence-corrected chi connectivity index (χ0v) is 20.5. The van der Waals surface area contributed by atoms with Gasteiger partial charge in [-0.25, -0.2) is 0 Å². The molecular weight excluding hydrogens is 392 g/mol. The minimum absolute atomic E-state index is 0.0636. The van der Waals surface area contributed by atoms with Crippen LogP contribution in [0.25, 0.3) is 0 Å². The number of hydrogen-bond donors (Lipinski definition) is 1. The molecule has 31 heavy (non-hydrogen) atoms. The molecule has 0 saturated heterocycles. The maximum atomic E-state index is 11.9. The number of carbonyl (C=O) groups excluding carboxylic acids is 2. The lowest BCUT2D eigenvalue weighted by Crippen LogP contribution is -2.28. The maximum absolute atomic E-state index is 11.9. The Morgan fingerprint density at radius 2 is 1.00 bits per heavy atom. The summed E-state index contributed by atoms with van der Waals surface area (Å²) in [5, 5.41) is 9.33. The number of unbranched alkanes of at least 4 members (excludes halogenated alkanes) is 15. The topological polar surface area (TPSA) is 72.8 Å². The minimum atomic E-state index is -0.755. The molecule has 0 fully saturated rings. The molecule has 184 valence electrons. The van der Waals surface area contributed by atoms with E-state index in [1.54, 1.807) is 0 Å². The van der Waals surface area contributed by atoms with Crippen LogP contribution in [0.4, 0.5) is 0 Å². The monoisotopic (exact) mass is 442 g/mol. The van der Waals surface area contributed by atoms with Crippen molar-refractivity contribution in [3.05, 3.63) is 0 Å². The van der Waals surface area contributed by atoms with E-state index in [0.717, 1.165) is 38.5 Å². The molecular formula is C26H50O5. The van der Waals surface area contributed by atoms with E-state index in [2.05, 4.69) is 13.8 Å². The number of hydrogen-bond acceptors (Lipinski definition) is 5. The highest BCUT2D eigenvalue weighted by Crippen LogP contribution is 2.13. The standard InChI is InChI=1S/C26H50O5/c1-3-5-7-8-9-10-11-12-13-14-15-16-17-19-21-26(29)31-24(22-27)23-30-25(28)20-18-6-4-2/h24,27H,3-23H2,1-2H3. The fraction of sp³-hybridized carbons (Fsp3) is 0.923. The highest BCUT2D eigenvalue weighted by Gasteiger charge is 2.15. The van der Waals surface area contributed by atoms with Crippen LogP contribution in [0.15, 0.2) is 0 Å². The number of aliphatic hydroxyl groups is 1. The Morgan fingerprint density at radius 1 is 0.613 bits per heavy atom. The highest BCUT2D eigenvalue weighted by atomic mass is 16.6. The molecule has 0 rings (SSSR count). The fourth-order valence-electron chi connectivity index (χ4n) is 3.61. The van der Waals surface area contributed by atoms with Gasteiger partial charge in [-0.1, -0.05) is 110 Å². The Bertz CT molecular complexity index is 411. The van der Waals surface area contributed by atoms with Gasteiger partial charge >= 0.3 is 11.9 Å². The summed E-state index contributed by atoms with van der Waals surface area (Å²) in [5.41, 5.74) is 0. The van der Waals surface area contributed by atoms with Gasteiger partial charge < -0.3 is 14.6 Å². The lowest BCUT2D eigenvalue weighted by molar-refractivity contribution is -0.161. The number of rotatable bonds is 23. The predicted molar refractivity (Wildman–Crippen MR) is 127 cm³/mol. The molecule has 0 spiro atoms. The van der Waals surface area contributed by atoms with E-state index >= 15 is 0 Å². The van der Waals surface area contributed by atoms with Crippen molar-refractivity contribution in [1.82, 2.24) is 0 Å². The second kappa shape index (κ2) is 23.6. The Morgan fingerprint density at radius 3 is 1.48 bits per heavy atom. The molecule has 0 saturated carbocycles. The molecule has 5 nitrogen and oxygen atoms in total. The summed E-state index contributed by atoms with van der Waals surface area (Å²) in [6, 6.07) is 0. The molecule has 1 unspecified atom stereocenters. The average molecular weight is 443 g/mol. The van der Waals surface area contributed by atoms with E-state index < -0.39 is 6.10 Å². The van der Waals surface area contributed by atoms with Gasteiger partial charge in [0.25, 0.3) is 0 Å². The maximum Gasteiger partial charge on any atom is 0.306 e. The summed E-state index contributed by atoms with van der Waals surface area (Å²) in [6.45, 7) is 3.94. The molecule has 0 aliphatic rings. The van der Waals surface area contributed by atoms with Gasteiger partial charge in [0.1, 0.15) is 6.61 Å². The first kappa shape index (κ1) is 29.9. The molecule has 0 bridgehead atoms. The van der Waals surface area contributed by atoms with Crippen molar-refractivity contribution in [2.45, 2.75) is 142 Å². The number of aliphatic hydroxyl groups excluding tert-OH is 1. The zero-order chi connectivity index (χ0) is 23.0. The van der Waals surface area contributed by atoms with E-state index in [9.17, 15) is 14.7 Å². The summed E-state index contributed by atoms with van der Waals surface area (Å²) in [7, 11) is 0. The van der Waals surface area contributed by atoms with Gasteiger partial charge in [0, 0.05) is 12.8 Å². The number of carbonyl (C=O) groups is 2. The SMILES string of the molecule is CCCCCCCCCCCCCCCCC(=O)OC(CO)COC(=O)CCCCC. The van der Waals surface area contributed by atoms with Gasteiger partial charge in [-0.3, -0.25) is 9.59 Å². The summed E-state index contributed by atoms with van der Waals surface area (Å²) in [6.07, 6.45) is 20.7. The normalized spacial score (nSPS) is 12.0. The molecule has 0 aliphatic heterocycles. The van der Waals surface area contributed by atoms with Crippen molar-refractivity contribution < 1.29 is 24.2 Å². The molecule has 0 amide bonds. The van der Waals surface area contributed by atoms with Crippen molar-refractivity contribution in [2.24, 2.45) is 0 Å². The predicted octanol–water partition coefficient (Wildman–Crippen LogP) is 6.89. The lowest BCUT2D eigenvalue weighted by atomic mass is 10.0. The summed E-state index contributed by atoms with van der Waals surface area (Å²) in [5.74, 6) is -0.616. The quantitative estimate of drug-likeness (QED) is 0.138.